The molecule has 2 atom stereocenters. The zero-order valence-corrected chi connectivity index (χ0v) is 15.6. The number of likely N-dealkylation sites (tertiary alicyclic amines) is 1. The molecule has 24 heavy (non-hydrogen) atoms. The molecule has 2 rings (SSSR count). The maximum absolute atomic E-state index is 11.3. The summed E-state index contributed by atoms with van der Waals surface area (Å²) < 4.78 is 10.7. The van der Waals surface area contributed by atoms with Crippen LogP contribution in [0.4, 0.5) is 0 Å². The number of benzene rings is 1. The van der Waals surface area contributed by atoms with Gasteiger partial charge in [-0.05, 0) is 49.8 Å². The van der Waals surface area contributed by atoms with Gasteiger partial charge in [-0.1, -0.05) is 6.07 Å². The highest BCUT2D eigenvalue weighted by atomic mass is 32.2. The van der Waals surface area contributed by atoms with Crippen LogP contribution < -0.4 is 15.2 Å². The van der Waals surface area contributed by atoms with Crippen LogP contribution in [0.3, 0.4) is 0 Å². The monoisotopic (exact) mass is 352 g/mol. The van der Waals surface area contributed by atoms with Crippen LogP contribution in [0.2, 0.25) is 0 Å². The third kappa shape index (κ3) is 4.80. The van der Waals surface area contributed by atoms with Gasteiger partial charge in [-0.15, -0.1) is 0 Å². The Balaban J connectivity index is 1.98. The smallest absolute Gasteiger partial charge is 0.218 e. The summed E-state index contributed by atoms with van der Waals surface area (Å²) >= 11 is 1.75. The van der Waals surface area contributed by atoms with Gasteiger partial charge in [0.25, 0.3) is 0 Å². The molecule has 2 unspecified atom stereocenters. The van der Waals surface area contributed by atoms with Gasteiger partial charge in [-0.3, -0.25) is 9.69 Å². The van der Waals surface area contributed by atoms with Gasteiger partial charge in [0.05, 0.1) is 14.2 Å². The molecule has 0 spiro atoms. The topological polar surface area (TPSA) is 64.8 Å². The molecule has 0 saturated carbocycles. The van der Waals surface area contributed by atoms with E-state index in [0.717, 1.165) is 37.4 Å². The van der Waals surface area contributed by atoms with Crippen molar-refractivity contribution in [3.63, 3.8) is 0 Å². The lowest BCUT2D eigenvalue weighted by Gasteiger charge is -2.30. The molecule has 1 aliphatic heterocycles. The van der Waals surface area contributed by atoms with Gasteiger partial charge < -0.3 is 15.2 Å². The number of carbonyl (C=O) groups excluding carboxylic acids is 1. The SMILES string of the molecule is COc1ccc(CCN2CCCC2C(CC(N)=O)SC)cc1OC. The van der Waals surface area contributed by atoms with Crippen LogP contribution in [0, 0.1) is 0 Å². The second kappa shape index (κ2) is 9.18. The van der Waals surface area contributed by atoms with Gasteiger partial charge in [0.1, 0.15) is 0 Å². The molecule has 0 bridgehead atoms. The fraction of sp³-hybridized carbons (Fsp3) is 0.611. The van der Waals surface area contributed by atoms with E-state index in [9.17, 15) is 4.79 Å². The van der Waals surface area contributed by atoms with Crippen LogP contribution >= 0.6 is 11.8 Å². The molecule has 0 aromatic heterocycles. The first-order chi connectivity index (χ1) is 11.6. The largest absolute Gasteiger partial charge is 0.493 e. The minimum Gasteiger partial charge on any atom is -0.493 e. The van der Waals surface area contributed by atoms with Crippen LogP contribution in [0.1, 0.15) is 24.8 Å². The Morgan fingerprint density at radius 3 is 2.75 bits per heavy atom. The second-order valence-electron chi connectivity index (χ2n) is 6.13. The number of nitrogens with zero attached hydrogens (tertiary/aromatic N) is 1. The number of primary amides is 1. The third-order valence-electron chi connectivity index (χ3n) is 4.68. The molecule has 134 valence electrons. The van der Waals surface area contributed by atoms with E-state index in [0.29, 0.717) is 12.5 Å². The molecular weight excluding hydrogens is 324 g/mol. The van der Waals surface area contributed by atoms with E-state index in [2.05, 4.69) is 17.2 Å². The summed E-state index contributed by atoms with van der Waals surface area (Å²) in [4.78, 5) is 13.8. The lowest BCUT2D eigenvalue weighted by molar-refractivity contribution is -0.118. The van der Waals surface area contributed by atoms with Crippen molar-refractivity contribution in [2.75, 3.05) is 33.6 Å². The summed E-state index contributed by atoms with van der Waals surface area (Å²) in [6.07, 6.45) is 5.81. The molecule has 1 aliphatic rings. The zero-order valence-electron chi connectivity index (χ0n) is 14.8. The number of rotatable bonds is 9. The molecule has 1 fully saturated rings. The van der Waals surface area contributed by atoms with Gasteiger partial charge in [0.15, 0.2) is 11.5 Å². The minimum absolute atomic E-state index is 0.207. The summed E-state index contributed by atoms with van der Waals surface area (Å²) in [5.41, 5.74) is 6.64. The standard InChI is InChI=1S/C18H28N2O3S/c1-22-15-7-6-13(11-16(15)23-2)8-10-20-9-4-5-14(20)17(24-3)12-18(19)21/h6-7,11,14,17H,4-5,8-10,12H2,1-3H3,(H2,19,21). The Kier molecular flexibility index (Phi) is 7.24. The molecule has 1 heterocycles. The van der Waals surface area contributed by atoms with Gasteiger partial charge in [0, 0.05) is 24.3 Å². The van der Waals surface area contributed by atoms with Crippen LogP contribution in [0.25, 0.3) is 0 Å². The van der Waals surface area contributed by atoms with Crippen molar-refractivity contribution in [2.24, 2.45) is 5.73 Å². The Labute approximate surface area is 148 Å². The van der Waals surface area contributed by atoms with E-state index in [1.807, 2.05) is 12.1 Å². The number of carbonyl (C=O) groups is 1. The van der Waals surface area contributed by atoms with Crippen LogP contribution in [-0.2, 0) is 11.2 Å². The molecular formula is C18H28N2O3S. The van der Waals surface area contributed by atoms with Crippen molar-refractivity contribution < 1.29 is 14.3 Å². The highest BCUT2D eigenvalue weighted by Crippen LogP contribution is 2.30. The molecule has 1 aromatic rings. The van der Waals surface area contributed by atoms with E-state index in [1.54, 1.807) is 26.0 Å². The van der Waals surface area contributed by atoms with Crippen molar-refractivity contribution in [3.05, 3.63) is 23.8 Å². The van der Waals surface area contributed by atoms with Crippen molar-refractivity contribution in [1.82, 2.24) is 4.90 Å². The second-order valence-corrected chi connectivity index (χ2v) is 7.21. The number of hydrogen-bond donors (Lipinski definition) is 1. The first kappa shape index (κ1) is 18.9. The van der Waals surface area contributed by atoms with E-state index in [4.69, 9.17) is 15.2 Å². The van der Waals surface area contributed by atoms with Gasteiger partial charge >= 0.3 is 0 Å². The molecule has 1 amide bonds. The predicted octanol–water partition coefficient (Wildman–Crippen LogP) is 2.32. The van der Waals surface area contributed by atoms with Gasteiger partial charge in [-0.25, -0.2) is 0 Å². The van der Waals surface area contributed by atoms with Crippen molar-refractivity contribution in [1.29, 1.82) is 0 Å². The molecule has 0 aliphatic carbocycles. The average Bonchev–Trinajstić information content (AvgIpc) is 3.05. The molecule has 0 radical (unpaired) electrons. The highest BCUT2D eigenvalue weighted by Gasteiger charge is 2.31. The zero-order chi connectivity index (χ0) is 17.5. The first-order valence-corrected chi connectivity index (χ1v) is 9.64. The summed E-state index contributed by atoms with van der Waals surface area (Å²) in [6, 6.07) is 6.52. The van der Waals surface area contributed by atoms with Gasteiger partial charge in [-0.2, -0.15) is 11.8 Å². The Bertz CT molecular complexity index is 553. The molecule has 1 saturated heterocycles. The summed E-state index contributed by atoms with van der Waals surface area (Å²) in [5.74, 6) is 1.31. The highest BCUT2D eigenvalue weighted by molar-refractivity contribution is 7.99. The molecule has 6 heteroatoms. The van der Waals surface area contributed by atoms with Crippen molar-refractivity contribution in [2.45, 2.75) is 37.0 Å². The molecule has 1 aromatic carbocycles. The number of thioether (sulfide) groups is 1. The number of nitrogens with two attached hydrogens (primary N) is 1. The van der Waals surface area contributed by atoms with E-state index >= 15 is 0 Å². The summed E-state index contributed by atoms with van der Waals surface area (Å²) in [5, 5.41) is 0.287. The van der Waals surface area contributed by atoms with Crippen LogP contribution in [0.15, 0.2) is 18.2 Å². The predicted molar refractivity (Wildman–Crippen MR) is 99.0 cm³/mol. The Morgan fingerprint density at radius 1 is 1.38 bits per heavy atom. The number of methoxy groups -OCH3 is 2. The number of hydrogen-bond acceptors (Lipinski definition) is 5. The van der Waals surface area contributed by atoms with Crippen LogP contribution in [-0.4, -0.2) is 55.7 Å². The van der Waals surface area contributed by atoms with E-state index in [1.165, 1.54) is 12.0 Å². The fourth-order valence-corrected chi connectivity index (χ4v) is 4.39. The maximum atomic E-state index is 11.3. The molecule has 2 N–H and O–H groups in total. The quantitative estimate of drug-likeness (QED) is 0.739. The maximum Gasteiger partial charge on any atom is 0.218 e. The van der Waals surface area contributed by atoms with Gasteiger partial charge in [0.2, 0.25) is 5.91 Å². The fourth-order valence-electron chi connectivity index (χ4n) is 3.43. The number of amides is 1. The van der Waals surface area contributed by atoms with Crippen LogP contribution in [0.5, 0.6) is 11.5 Å². The third-order valence-corrected chi connectivity index (χ3v) is 5.77. The first-order valence-electron chi connectivity index (χ1n) is 8.35. The minimum atomic E-state index is -0.207. The molecule has 5 nitrogen and oxygen atoms in total. The number of ether oxygens (including phenoxy) is 2. The van der Waals surface area contributed by atoms with Crippen molar-refractivity contribution >= 4 is 17.7 Å². The summed E-state index contributed by atoms with van der Waals surface area (Å²) in [6.45, 7) is 2.07. The Morgan fingerprint density at radius 2 is 2.12 bits per heavy atom. The lowest BCUT2D eigenvalue weighted by atomic mass is 10.1. The van der Waals surface area contributed by atoms with Crippen molar-refractivity contribution in [3.8, 4) is 11.5 Å². The summed E-state index contributed by atoms with van der Waals surface area (Å²) in [7, 11) is 3.30. The van der Waals surface area contributed by atoms with E-state index in [-0.39, 0.29) is 11.2 Å². The Hall–Kier alpha value is -1.40. The average molecular weight is 353 g/mol. The normalized spacial score (nSPS) is 19.2. The lowest BCUT2D eigenvalue weighted by Crippen LogP contribution is -2.40. The van der Waals surface area contributed by atoms with E-state index < -0.39 is 0 Å².